The fraction of sp³-hybridized carbons (Fsp3) is 0.625. The van der Waals surface area contributed by atoms with Crippen molar-refractivity contribution in [3.05, 3.63) is 25.3 Å². The summed E-state index contributed by atoms with van der Waals surface area (Å²) in [6, 6.07) is 0. The zero-order valence-corrected chi connectivity index (χ0v) is 12.7. The fourth-order valence-electron chi connectivity index (χ4n) is 2.42. The maximum absolute atomic E-state index is 12.1. The van der Waals surface area contributed by atoms with Gasteiger partial charge < -0.3 is 10.2 Å². The number of carbonyl (C=O) groups excluding carboxylic acids is 2. The largest absolute Gasteiger partial charge is 0.355 e. The van der Waals surface area contributed by atoms with Crippen molar-refractivity contribution in [1.29, 1.82) is 0 Å². The molecule has 1 N–H and O–H groups in total. The van der Waals surface area contributed by atoms with E-state index in [2.05, 4.69) is 32.3 Å². The SMILES string of the molecule is C=CCC(C)(C)CNC(=O)C1CCN(C(=O)C=C)CC1. The summed E-state index contributed by atoms with van der Waals surface area (Å²) in [4.78, 5) is 25.4. The third-order valence-electron chi connectivity index (χ3n) is 3.79. The number of hydrogen-bond donors (Lipinski definition) is 1. The number of likely N-dealkylation sites (tertiary alicyclic amines) is 1. The third kappa shape index (κ3) is 4.83. The van der Waals surface area contributed by atoms with Crippen molar-refractivity contribution in [1.82, 2.24) is 10.2 Å². The highest BCUT2D eigenvalue weighted by Gasteiger charge is 2.27. The van der Waals surface area contributed by atoms with Crippen LogP contribution in [-0.2, 0) is 9.59 Å². The molecule has 0 unspecified atom stereocenters. The second-order valence-electron chi connectivity index (χ2n) is 6.18. The van der Waals surface area contributed by atoms with E-state index >= 15 is 0 Å². The normalized spacial score (nSPS) is 16.6. The Balaban J connectivity index is 2.38. The molecule has 0 spiro atoms. The van der Waals surface area contributed by atoms with E-state index in [0.717, 1.165) is 19.3 Å². The first-order valence-corrected chi connectivity index (χ1v) is 7.19. The van der Waals surface area contributed by atoms with Gasteiger partial charge in [-0.05, 0) is 30.8 Å². The van der Waals surface area contributed by atoms with Gasteiger partial charge in [0.2, 0.25) is 11.8 Å². The van der Waals surface area contributed by atoms with Crippen LogP contribution in [0, 0.1) is 11.3 Å². The molecule has 0 atom stereocenters. The van der Waals surface area contributed by atoms with Crippen molar-refractivity contribution >= 4 is 11.8 Å². The summed E-state index contributed by atoms with van der Waals surface area (Å²) in [6.07, 6.45) is 5.55. The lowest BCUT2D eigenvalue weighted by atomic mass is 9.88. The van der Waals surface area contributed by atoms with Gasteiger partial charge in [0.25, 0.3) is 0 Å². The highest BCUT2D eigenvalue weighted by atomic mass is 16.2. The molecule has 1 saturated heterocycles. The van der Waals surface area contributed by atoms with Crippen LogP contribution in [0.3, 0.4) is 0 Å². The zero-order chi connectivity index (χ0) is 15.2. The molecule has 0 bridgehead atoms. The van der Waals surface area contributed by atoms with Gasteiger partial charge in [0.15, 0.2) is 0 Å². The van der Waals surface area contributed by atoms with Crippen molar-refractivity contribution in [3.8, 4) is 0 Å². The topological polar surface area (TPSA) is 49.4 Å². The minimum atomic E-state index is -0.0454. The van der Waals surface area contributed by atoms with Crippen LogP contribution in [0.15, 0.2) is 25.3 Å². The Morgan fingerprint density at radius 2 is 1.90 bits per heavy atom. The molecule has 1 fully saturated rings. The molecular weight excluding hydrogens is 252 g/mol. The van der Waals surface area contributed by atoms with Crippen molar-refractivity contribution in [2.45, 2.75) is 33.1 Å². The van der Waals surface area contributed by atoms with Gasteiger partial charge in [-0.25, -0.2) is 0 Å². The van der Waals surface area contributed by atoms with Crippen LogP contribution in [0.5, 0.6) is 0 Å². The number of allylic oxidation sites excluding steroid dienone is 1. The minimum Gasteiger partial charge on any atom is -0.355 e. The van der Waals surface area contributed by atoms with Crippen molar-refractivity contribution in [3.63, 3.8) is 0 Å². The number of amides is 2. The molecule has 0 aromatic heterocycles. The maximum atomic E-state index is 12.1. The van der Waals surface area contributed by atoms with E-state index in [9.17, 15) is 9.59 Å². The van der Waals surface area contributed by atoms with Crippen LogP contribution in [0.2, 0.25) is 0 Å². The van der Waals surface area contributed by atoms with Gasteiger partial charge in [-0.15, -0.1) is 6.58 Å². The smallest absolute Gasteiger partial charge is 0.245 e. The molecule has 0 saturated carbocycles. The molecule has 0 aromatic carbocycles. The molecule has 0 aliphatic carbocycles. The Morgan fingerprint density at radius 3 is 2.40 bits per heavy atom. The Bertz CT molecular complexity index is 380. The number of carbonyl (C=O) groups is 2. The lowest BCUT2D eigenvalue weighted by molar-refractivity contribution is -0.132. The van der Waals surface area contributed by atoms with Gasteiger partial charge in [0.05, 0.1) is 0 Å². The summed E-state index contributed by atoms with van der Waals surface area (Å²) in [7, 11) is 0. The molecule has 4 nitrogen and oxygen atoms in total. The molecule has 20 heavy (non-hydrogen) atoms. The van der Waals surface area contributed by atoms with Gasteiger partial charge in [-0.2, -0.15) is 0 Å². The van der Waals surface area contributed by atoms with E-state index in [0.29, 0.717) is 19.6 Å². The van der Waals surface area contributed by atoms with E-state index in [-0.39, 0.29) is 23.1 Å². The van der Waals surface area contributed by atoms with Gasteiger partial charge in [-0.1, -0.05) is 26.5 Å². The zero-order valence-electron chi connectivity index (χ0n) is 12.7. The molecular formula is C16H26N2O2. The number of rotatable bonds is 6. The summed E-state index contributed by atoms with van der Waals surface area (Å²) in [5, 5.41) is 3.03. The molecule has 2 amide bonds. The Hall–Kier alpha value is -1.58. The first kappa shape index (κ1) is 16.5. The Morgan fingerprint density at radius 1 is 1.30 bits per heavy atom. The first-order valence-electron chi connectivity index (χ1n) is 7.19. The lowest BCUT2D eigenvalue weighted by Crippen LogP contribution is -2.44. The van der Waals surface area contributed by atoms with Crippen LogP contribution in [-0.4, -0.2) is 36.3 Å². The van der Waals surface area contributed by atoms with Gasteiger partial charge in [0, 0.05) is 25.6 Å². The fourth-order valence-corrected chi connectivity index (χ4v) is 2.42. The molecule has 1 heterocycles. The average molecular weight is 278 g/mol. The van der Waals surface area contributed by atoms with Crippen LogP contribution < -0.4 is 5.32 Å². The van der Waals surface area contributed by atoms with Gasteiger partial charge in [-0.3, -0.25) is 9.59 Å². The second-order valence-corrected chi connectivity index (χ2v) is 6.18. The molecule has 0 aromatic rings. The summed E-state index contributed by atoms with van der Waals surface area (Å²) in [5.41, 5.74) is 0.0386. The van der Waals surface area contributed by atoms with Crippen LogP contribution in [0.1, 0.15) is 33.1 Å². The van der Waals surface area contributed by atoms with Crippen LogP contribution in [0.4, 0.5) is 0 Å². The maximum Gasteiger partial charge on any atom is 0.245 e. The van der Waals surface area contributed by atoms with Gasteiger partial charge >= 0.3 is 0 Å². The lowest BCUT2D eigenvalue weighted by Gasteiger charge is -2.31. The minimum absolute atomic E-state index is 0.0170. The predicted molar refractivity (Wildman–Crippen MR) is 81.1 cm³/mol. The average Bonchev–Trinajstić information content (AvgIpc) is 2.44. The standard InChI is InChI=1S/C16H26N2O2/c1-5-9-16(3,4)12-17-15(20)13-7-10-18(11-8-13)14(19)6-2/h5-6,13H,1-2,7-12H2,3-4H3,(H,17,20). The number of hydrogen-bond acceptors (Lipinski definition) is 2. The van der Waals surface area contributed by atoms with Crippen LogP contribution >= 0.6 is 0 Å². The third-order valence-corrected chi connectivity index (χ3v) is 3.79. The number of piperidine rings is 1. The molecule has 1 aliphatic heterocycles. The van der Waals surface area contributed by atoms with Gasteiger partial charge in [0.1, 0.15) is 0 Å². The second kappa shape index (κ2) is 7.27. The quantitative estimate of drug-likeness (QED) is 0.598. The molecule has 4 heteroatoms. The van der Waals surface area contributed by atoms with E-state index < -0.39 is 0 Å². The van der Waals surface area contributed by atoms with E-state index in [1.807, 2.05) is 6.08 Å². The molecule has 112 valence electrons. The monoisotopic (exact) mass is 278 g/mol. The van der Waals surface area contributed by atoms with Crippen LogP contribution in [0.25, 0.3) is 0 Å². The number of nitrogens with zero attached hydrogens (tertiary/aromatic N) is 1. The summed E-state index contributed by atoms with van der Waals surface area (Å²) in [6.45, 7) is 13.4. The molecule has 0 radical (unpaired) electrons. The van der Waals surface area contributed by atoms with Crippen molar-refractivity contribution in [2.24, 2.45) is 11.3 Å². The summed E-state index contributed by atoms with van der Waals surface area (Å²) in [5.74, 6) is 0.0761. The molecule has 1 aliphatic rings. The van der Waals surface area contributed by atoms with E-state index in [1.54, 1.807) is 4.90 Å². The molecule has 1 rings (SSSR count). The van der Waals surface area contributed by atoms with Crippen molar-refractivity contribution in [2.75, 3.05) is 19.6 Å². The summed E-state index contributed by atoms with van der Waals surface area (Å²) >= 11 is 0. The number of nitrogens with one attached hydrogen (secondary N) is 1. The highest BCUT2D eigenvalue weighted by molar-refractivity contribution is 5.87. The van der Waals surface area contributed by atoms with E-state index in [1.165, 1.54) is 6.08 Å². The highest BCUT2D eigenvalue weighted by Crippen LogP contribution is 2.21. The van der Waals surface area contributed by atoms with E-state index in [4.69, 9.17) is 0 Å². The Kier molecular flexibility index (Phi) is 5.99. The Labute approximate surface area is 121 Å². The first-order chi connectivity index (χ1) is 9.39. The predicted octanol–water partition coefficient (Wildman–Crippen LogP) is 2.13. The summed E-state index contributed by atoms with van der Waals surface area (Å²) < 4.78 is 0. The van der Waals surface area contributed by atoms with Crippen molar-refractivity contribution < 1.29 is 9.59 Å².